The summed E-state index contributed by atoms with van der Waals surface area (Å²) in [5, 5.41) is 8.42. The molecule has 0 saturated carbocycles. The molecule has 0 aliphatic carbocycles. The van der Waals surface area contributed by atoms with Gasteiger partial charge in [0, 0.05) is 13.0 Å². The number of rotatable bonds is 5. The van der Waals surface area contributed by atoms with Crippen molar-refractivity contribution in [2.45, 2.75) is 25.2 Å². The zero-order valence-corrected chi connectivity index (χ0v) is 16.2. The van der Waals surface area contributed by atoms with E-state index in [0.717, 1.165) is 17.6 Å². The van der Waals surface area contributed by atoms with E-state index in [2.05, 4.69) is 15.2 Å². The monoisotopic (exact) mass is 399 g/mol. The Balaban J connectivity index is 2.00. The number of anilines is 1. The van der Waals surface area contributed by atoms with Gasteiger partial charge < -0.3 is 0 Å². The average Bonchev–Trinajstić information content (AvgIpc) is 3.13. The quantitative estimate of drug-likeness (QED) is 0.515. The van der Waals surface area contributed by atoms with E-state index in [4.69, 9.17) is 0 Å². The summed E-state index contributed by atoms with van der Waals surface area (Å²) in [6, 6.07) is 12.2. The standard InChI is InChI=1S/C19H18FN5O2S/c1-3-17-22-23-19-18(21-15-7-5-6-8-16(15)25(17)19)24(4-2)28(26,27)14-11-9-13(20)10-12-14/h5-12H,3-4H2,1-2H3. The minimum Gasteiger partial charge on any atom is -0.274 e. The van der Waals surface area contributed by atoms with E-state index < -0.39 is 15.8 Å². The second kappa shape index (κ2) is 6.83. The zero-order valence-electron chi connectivity index (χ0n) is 15.4. The maximum Gasteiger partial charge on any atom is 0.265 e. The highest BCUT2D eigenvalue weighted by atomic mass is 32.2. The number of halogens is 1. The summed E-state index contributed by atoms with van der Waals surface area (Å²) < 4.78 is 42.7. The van der Waals surface area contributed by atoms with Crippen molar-refractivity contribution in [1.82, 2.24) is 19.6 Å². The van der Waals surface area contributed by atoms with Crippen molar-refractivity contribution in [3.8, 4) is 0 Å². The van der Waals surface area contributed by atoms with Crippen molar-refractivity contribution in [1.29, 1.82) is 0 Å². The fourth-order valence-electron chi connectivity index (χ4n) is 3.19. The third kappa shape index (κ3) is 2.78. The molecule has 0 unspecified atom stereocenters. The van der Waals surface area contributed by atoms with Gasteiger partial charge in [-0.25, -0.2) is 22.1 Å². The van der Waals surface area contributed by atoms with E-state index >= 15 is 0 Å². The van der Waals surface area contributed by atoms with E-state index in [-0.39, 0.29) is 17.3 Å². The van der Waals surface area contributed by atoms with Crippen molar-refractivity contribution in [3.05, 3.63) is 60.2 Å². The Morgan fingerprint density at radius 2 is 1.75 bits per heavy atom. The highest BCUT2D eigenvalue weighted by Crippen LogP contribution is 2.29. The molecule has 0 fully saturated rings. The molecule has 0 atom stereocenters. The molecular formula is C19H18FN5O2S. The molecule has 7 nitrogen and oxygen atoms in total. The number of nitrogens with zero attached hydrogens (tertiary/aromatic N) is 5. The molecule has 0 saturated heterocycles. The molecule has 2 aromatic carbocycles. The van der Waals surface area contributed by atoms with Crippen molar-refractivity contribution >= 4 is 32.5 Å². The second-order valence-corrected chi connectivity index (χ2v) is 8.04. The van der Waals surface area contributed by atoms with Crippen LogP contribution in [0.5, 0.6) is 0 Å². The average molecular weight is 399 g/mol. The topological polar surface area (TPSA) is 80.5 Å². The minimum absolute atomic E-state index is 0.0147. The zero-order chi connectivity index (χ0) is 19.9. The number of hydrogen-bond acceptors (Lipinski definition) is 5. The first kappa shape index (κ1) is 18.3. The minimum atomic E-state index is -3.96. The van der Waals surface area contributed by atoms with E-state index in [1.165, 1.54) is 16.4 Å². The van der Waals surface area contributed by atoms with Gasteiger partial charge in [0.05, 0.1) is 15.9 Å². The molecule has 0 aliphatic rings. The van der Waals surface area contributed by atoms with Gasteiger partial charge >= 0.3 is 0 Å². The van der Waals surface area contributed by atoms with Gasteiger partial charge in [0.2, 0.25) is 5.65 Å². The van der Waals surface area contributed by atoms with Crippen LogP contribution in [0.2, 0.25) is 0 Å². The number of aromatic nitrogens is 4. The van der Waals surface area contributed by atoms with Crippen LogP contribution in [0.1, 0.15) is 19.7 Å². The Kier molecular flexibility index (Phi) is 4.46. The third-order valence-corrected chi connectivity index (χ3v) is 6.40. The van der Waals surface area contributed by atoms with Crippen LogP contribution >= 0.6 is 0 Å². The fourth-order valence-corrected chi connectivity index (χ4v) is 4.61. The van der Waals surface area contributed by atoms with Gasteiger partial charge in [-0.3, -0.25) is 4.40 Å². The lowest BCUT2D eigenvalue weighted by Crippen LogP contribution is -2.32. The lowest BCUT2D eigenvalue weighted by atomic mass is 10.3. The number of benzene rings is 2. The van der Waals surface area contributed by atoms with Crippen molar-refractivity contribution in [2.24, 2.45) is 0 Å². The molecule has 0 radical (unpaired) electrons. The van der Waals surface area contributed by atoms with E-state index in [1.807, 2.05) is 35.6 Å². The highest BCUT2D eigenvalue weighted by molar-refractivity contribution is 7.92. The molecule has 0 bridgehead atoms. The molecule has 4 aromatic rings. The molecule has 2 heterocycles. The van der Waals surface area contributed by atoms with E-state index in [9.17, 15) is 12.8 Å². The summed E-state index contributed by atoms with van der Waals surface area (Å²) in [6.45, 7) is 3.80. The number of sulfonamides is 1. The molecule has 2 aromatic heterocycles. The normalized spacial score (nSPS) is 12.0. The maximum absolute atomic E-state index is 13.3. The molecular weight excluding hydrogens is 381 g/mol. The summed E-state index contributed by atoms with van der Waals surface area (Å²) in [6.07, 6.45) is 0.630. The first-order chi connectivity index (χ1) is 13.5. The lowest BCUT2D eigenvalue weighted by molar-refractivity contribution is 0.590. The van der Waals surface area contributed by atoms with E-state index in [0.29, 0.717) is 23.4 Å². The highest BCUT2D eigenvalue weighted by Gasteiger charge is 2.28. The van der Waals surface area contributed by atoms with E-state index in [1.54, 1.807) is 6.92 Å². The molecule has 9 heteroatoms. The van der Waals surface area contributed by atoms with Crippen molar-refractivity contribution < 1.29 is 12.8 Å². The largest absolute Gasteiger partial charge is 0.274 e. The predicted octanol–water partition coefficient (Wildman–Crippen LogP) is 3.19. The Hall–Kier alpha value is -3.07. The summed E-state index contributed by atoms with van der Waals surface area (Å²) in [5.74, 6) is 0.404. The lowest BCUT2D eigenvalue weighted by Gasteiger charge is -2.22. The number of para-hydroxylation sites is 2. The molecule has 0 amide bonds. The van der Waals surface area contributed by atoms with Crippen LogP contribution < -0.4 is 4.31 Å². The van der Waals surface area contributed by atoms with Gasteiger partial charge in [-0.05, 0) is 43.3 Å². The fraction of sp³-hybridized carbons (Fsp3) is 0.211. The molecule has 4 rings (SSSR count). The van der Waals surface area contributed by atoms with Gasteiger partial charge in [0.1, 0.15) is 11.6 Å². The molecule has 144 valence electrons. The first-order valence-corrected chi connectivity index (χ1v) is 10.3. The number of fused-ring (bicyclic) bond motifs is 3. The summed E-state index contributed by atoms with van der Waals surface area (Å²) in [4.78, 5) is 4.57. The Bertz CT molecular complexity index is 1270. The molecule has 0 N–H and O–H groups in total. The molecule has 0 spiro atoms. The van der Waals surface area contributed by atoms with Crippen LogP contribution in [0.4, 0.5) is 10.2 Å². The maximum atomic E-state index is 13.3. The third-order valence-electron chi connectivity index (χ3n) is 4.52. The number of aryl methyl sites for hydroxylation is 1. The summed E-state index contributed by atoms with van der Waals surface area (Å²) >= 11 is 0. The van der Waals surface area contributed by atoms with Crippen LogP contribution in [0.3, 0.4) is 0 Å². The van der Waals surface area contributed by atoms with Gasteiger partial charge in [0.25, 0.3) is 10.0 Å². The van der Waals surface area contributed by atoms with Crippen LogP contribution in [0.25, 0.3) is 16.7 Å². The first-order valence-electron chi connectivity index (χ1n) is 8.88. The second-order valence-electron chi connectivity index (χ2n) is 6.18. The van der Waals surface area contributed by atoms with Gasteiger partial charge in [-0.2, -0.15) is 0 Å². The van der Waals surface area contributed by atoms with Crippen molar-refractivity contribution in [2.75, 3.05) is 10.8 Å². The summed E-state index contributed by atoms with van der Waals surface area (Å²) in [7, 11) is -3.96. The van der Waals surface area contributed by atoms with Crippen LogP contribution in [-0.2, 0) is 16.4 Å². The van der Waals surface area contributed by atoms with Crippen molar-refractivity contribution in [3.63, 3.8) is 0 Å². The number of hydrogen-bond donors (Lipinski definition) is 0. The van der Waals surface area contributed by atoms with Crippen LogP contribution in [0.15, 0.2) is 53.4 Å². The summed E-state index contributed by atoms with van der Waals surface area (Å²) in [5.41, 5.74) is 1.80. The van der Waals surface area contributed by atoms with Gasteiger partial charge in [-0.1, -0.05) is 19.1 Å². The Labute approximate surface area is 161 Å². The Morgan fingerprint density at radius 3 is 2.43 bits per heavy atom. The predicted molar refractivity (Wildman–Crippen MR) is 104 cm³/mol. The van der Waals surface area contributed by atoms with Crippen LogP contribution in [0, 0.1) is 5.82 Å². The Morgan fingerprint density at radius 1 is 1.04 bits per heavy atom. The molecule has 0 aliphatic heterocycles. The van der Waals surface area contributed by atoms with Gasteiger partial charge in [0.15, 0.2) is 5.82 Å². The van der Waals surface area contributed by atoms with Crippen LogP contribution in [-0.4, -0.2) is 34.5 Å². The smallest absolute Gasteiger partial charge is 0.265 e. The SMILES string of the molecule is CCc1nnc2c(N(CC)S(=O)(=O)c3ccc(F)cc3)nc3ccccc3n12. The van der Waals surface area contributed by atoms with Gasteiger partial charge in [-0.15, -0.1) is 10.2 Å². The molecule has 28 heavy (non-hydrogen) atoms.